The molecule has 1 amide bonds. The molecule has 138 valence electrons. The summed E-state index contributed by atoms with van der Waals surface area (Å²) >= 11 is 0. The first-order valence-corrected chi connectivity index (χ1v) is 8.63. The summed E-state index contributed by atoms with van der Waals surface area (Å²) in [5.41, 5.74) is 4.40. The molecule has 0 bridgehead atoms. The quantitative estimate of drug-likeness (QED) is 0.720. The zero-order valence-electron chi connectivity index (χ0n) is 15.7. The van der Waals surface area contributed by atoms with Crippen molar-refractivity contribution >= 4 is 5.91 Å². The predicted molar refractivity (Wildman–Crippen MR) is 105 cm³/mol. The van der Waals surface area contributed by atoms with E-state index < -0.39 is 0 Å². The maximum absolute atomic E-state index is 12.4. The second-order valence-corrected chi connectivity index (χ2v) is 6.16. The molecule has 0 unspecified atom stereocenters. The van der Waals surface area contributed by atoms with Crippen LogP contribution in [0.5, 0.6) is 11.5 Å². The normalized spacial score (nSPS) is 10.3. The first-order chi connectivity index (χ1) is 13.1. The summed E-state index contributed by atoms with van der Waals surface area (Å²) in [5, 5.41) is 2.89. The lowest BCUT2D eigenvalue weighted by Gasteiger charge is -2.11. The number of carbonyl (C=O) groups excluding carboxylic acids is 1. The molecule has 5 nitrogen and oxygen atoms in total. The molecule has 2 aromatic carbocycles. The Morgan fingerprint density at radius 3 is 2.41 bits per heavy atom. The van der Waals surface area contributed by atoms with Crippen molar-refractivity contribution in [1.82, 2.24) is 10.3 Å². The van der Waals surface area contributed by atoms with Crippen LogP contribution in [0.3, 0.4) is 0 Å². The van der Waals surface area contributed by atoms with Crippen molar-refractivity contribution < 1.29 is 14.3 Å². The average Bonchev–Trinajstić information content (AvgIpc) is 2.72. The number of nitrogens with one attached hydrogen (secondary N) is 1. The third-order valence-corrected chi connectivity index (χ3v) is 4.30. The number of hydrogen-bond acceptors (Lipinski definition) is 4. The van der Waals surface area contributed by atoms with Gasteiger partial charge in [-0.15, -0.1) is 0 Å². The maximum atomic E-state index is 12.4. The highest BCUT2D eigenvalue weighted by atomic mass is 16.5. The fraction of sp³-hybridized carbons (Fsp3) is 0.182. The Hall–Kier alpha value is -3.34. The molecule has 0 radical (unpaired) electrons. The maximum Gasteiger partial charge on any atom is 0.253 e. The minimum atomic E-state index is -0.192. The molecule has 3 rings (SSSR count). The number of pyridine rings is 1. The Morgan fingerprint density at radius 1 is 1.00 bits per heavy atom. The Kier molecular flexibility index (Phi) is 5.71. The molecule has 0 spiro atoms. The molecular weight excluding hydrogens is 340 g/mol. The zero-order valence-corrected chi connectivity index (χ0v) is 15.7. The van der Waals surface area contributed by atoms with Crippen LogP contribution in [0.1, 0.15) is 21.5 Å². The van der Waals surface area contributed by atoms with E-state index in [0.717, 1.165) is 16.8 Å². The van der Waals surface area contributed by atoms with Crippen LogP contribution in [-0.4, -0.2) is 25.1 Å². The second kappa shape index (κ2) is 8.36. The van der Waals surface area contributed by atoms with Gasteiger partial charge in [0.25, 0.3) is 5.91 Å². The lowest BCUT2D eigenvalue weighted by atomic mass is 10.1. The van der Waals surface area contributed by atoms with Gasteiger partial charge in [-0.25, -0.2) is 0 Å². The van der Waals surface area contributed by atoms with Gasteiger partial charge in [-0.05, 0) is 37.3 Å². The zero-order chi connectivity index (χ0) is 19.2. The number of aryl methyl sites for hydroxylation is 1. The van der Waals surface area contributed by atoms with Crippen molar-refractivity contribution in [2.45, 2.75) is 13.5 Å². The van der Waals surface area contributed by atoms with E-state index in [0.29, 0.717) is 23.6 Å². The topological polar surface area (TPSA) is 60.5 Å². The number of amides is 1. The van der Waals surface area contributed by atoms with Gasteiger partial charge in [0.05, 0.1) is 25.5 Å². The third kappa shape index (κ3) is 4.44. The first-order valence-electron chi connectivity index (χ1n) is 8.63. The fourth-order valence-corrected chi connectivity index (χ4v) is 2.72. The Morgan fingerprint density at radius 2 is 1.78 bits per heavy atom. The Balaban J connectivity index is 1.69. The predicted octanol–water partition coefficient (Wildman–Crippen LogP) is 4.00. The summed E-state index contributed by atoms with van der Waals surface area (Å²) in [4.78, 5) is 16.9. The molecule has 0 saturated heterocycles. The third-order valence-electron chi connectivity index (χ3n) is 4.30. The summed E-state index contributed by atoms with van der Waals surface area (Å²) in [6, 6.07) is 17.2. The van der Waals surface area contributed by atoms with Gasteiger partial charge in [-0.1, -0.05) is 29.8 Å². The number of carbonyl (C=O) groups is 1. The minimum Gasteiger partial charge on any atom is -0.497 e. The molecule has 0 fully saturated rings. The standard InChI is InChI=1S/C22H22N2O3/c1-15-4-6-16(7-5-15)20-10-8-17(13-23-20)22(25)24-14-18-12-19(26-2)9-11-21(18)27-3/h4-13H,14H2,1-3H3,(H,24,25). The van der Waals surface area contributed by atoms with Gasteiger partial charge < -0.3 is 14.8 Å². The van der Waals surface area contributed by atoms with E-state index >= 15 is 0 Å². The van der Waals surface area contributed by atoms with Crippen LogP contribution in [0.2, 0.25) is 0 Å². The van der Waals surface area contributed by atoms with Crippen molar-refractivity contribution in [3.8, 4) is 22.8 Å². The number of rotatable bonds is 6. The lowest BCUT2D eigenvalue weighted by molar-refractivity contribution is 0.0950. The van der Waals surface area contributed by atoms with Crippen LogP contribution in [0, 0.1) is 6.92 Å². The number of aromatic nitrogens is 1. The van der Waals surface area contributed by atoms with Crippen molar-refractivity contribution in [3.05, 3.63) is 77.5 Å². The van der Waals surface area contributed by atoms with E-state index in [1.807, 2.05) is 55.5 Å². The van der Waals surface area contributed by atoms with Gasteiger partial charge in [-0.2, -0.15) is 0 Å². The molecular formula is C22H22N2O3. The van der Waals surface area contributed by atoms with Crippen LogP contribution >= 0.6 is 0 Å². The largest absolute Gasteiger partial charge is 0.497 e. The van der Waals surface area contributed by atoms with Crippen LogP contribution in [0.25, 0.3) is 11.3 Å². The van der Waals surface area contributed by atoms with E-state index in [1.54, 1.807) is 26.5 Å². The molecule has 27 heavy (non-hydrogen) atoms. The highest BCUT2D eigenvalue weighted by molar-refractivity contribution is 5.94. The van der Waals surface area contributed by atoms with E-state index in [2.05, 4.69) is 10.3 Å². The minimum absolute atomic E-state index is 0.192. The van der Waals surface area contributed by atoms with Gasteiger partial charge in [0.1, 0.15) is 11.5 Å². The van der Waals surface area contributed by atoms with Crippen LogP contribution in [-0.2, 0) is 6.54 Å². The average molecular weight is 362 g/mol. The highest BCUT2D eigenvalue weighted by Gasteiger charge is 2.10. The fourth-order valence-electron chi connectivity index (χ4n) is 2.72. The Labute approximate surface area is 159 Å². The van der Waals surface area contributed by atoms with Crippen molar-refractivity contribution in [1.29, 1.82) is 0 Å². The van der Waals surface area contributed by atoms with Gasteiger partial charge in [0, 0.05) is 23.9 Å². The van der Waals surface area contributed by atoms with Crippen LogP contribution in [0.4, 0.5) is 0 Å². The number of benzene rings is 2. The van der Waals surface area contributed by atoms with Crippen molar-refractivity contribution in [2.24, 2.45) is 0 Å². The lowest BCUT2D eigenvalue weighted by Crippen LogP contribution is -2.23. The molecule has 0 aliphatic rings. The van der Waals surface area contributed by atoms with Gasteiger partial charge in [-0.3, -0.25) is 9.78 Å². The first kappa shape index (κ1) is 18.5. The molecule has 0 atom stereocenters. The molecule has 1 aromatic heterocycles. The molecule has 1 heterocycles. The van der Waals surface area contributed by atoms with Gasteiger partial charge >= 0.3 is 0 Å². The molecule has 5 heteroatoms. The molecule has 0 saturated carbocycles. The number of nitrogens with zero attached hydrogens (tertiary/aromatic N) is 1. The summed E-state index contributed by atoms with van der Waals surface area (Å²) in [5.74, 6) is 1.22. The smallest absolute Gasteiger partial charge is 0.253 e. The highest BCUT2D eigenvalue weighted by Crippen LogP contribution is 2.24. The molecule has 3 aromatic rings. The van der Waals surface area contributed by atoms with Gasteiger partial charge in [0.2, 0.25) is 0 Å². The van der Waals surface area contributed by atoms with Gasteiger partial charge in [0.15, 0.2) is 0 Å². The van der Waals surface area contributed by atoms with Crippen LogP contribution < -0.4 is 14.8 Å². The van der Waals surface area contributed by atoms with E-state index in [9.17, 15) is 4.79 Å². The second-order valence-electron chi connectivity index (χ2n) is 6.16. The summed E-state index contributed by atoms with van der Waals surface area (Å²) in [6.45, 7) is 2.38. The van der Waals surface area contributed by atoms with Crippen molar-refractivity contribution in [2.75, 3.05) is 14.2 Å². The SMILES string of the molecule is COc1ccc(OC)c(CNC(=O)c2ccc(-c3ccc(C)cc3)nc2)c1. The summed E-state index contributed by atoms with van der Waals surface area (Å²) in [6.07, 6.45) is 1.59. The summed E-state index contributed by atoms with van der Waals surface area (Å²) in [7, 11) is 3.20. The molecule has 0 aliphatic carbocycles. The van der Waals surface area contributed by atoms with E-state index in [1.165, 1.54) is 5.56 Å². The number of ether oxygens (including phenoxy) is 2. The molecule has 0 aliphatic heterocycles. The number of methoxy groups -OCH3 is 2. The van der Waals surface area contributed by atoms with Crippen molar-refractivity contribution in [3.63, 3.8) is 0 Å². The Bertz CT molecular complexity index is 919. The monoisotopic (exact) mass is 362 g/mol. The van der Waals surface area contributed by atoms with E-state index in [-0.39, 0.29) is 5.91 Å². The van der Waals surface area contributed by atoms with E-state index in [4.69, 9.17) is 9.47 Å². The molecule has 1 N–H and O–H groups in total. The van der Waals surface area contributed by atoms with Crippen LogP contribution in [0.15, 0.2) is 60.8 Å². The number of hydrogen-bond donors (Lipinski definition) is 1. The summed E-state index contributed by atoms with van der Waals surface area (Å²) < 4.78 is 10.6.